The molecule has 1 saturated heterocycles. The van der Waals surface area contributed by atoms with Crippen molar-refractivity contribution < 1.29 is 0 Å². The molecule has 1 heterocycles. The van der Waals surface area contributed by atoms with Crippen molar-refractivity contribution in [2.24, 2.45) is 10.4 Å². The van der Waals surface area contributed by atoms with E-state index in [-0.39, 0.29) is 24.0 Å². The molecule has 4 nitrogen and oxygen atoms in total. The first-order chi connectivity index (χ1) is 10.3. The lowest BCUT2D eigenvalue weighted by molar-refractivity contribution is 0.167. The summed E-state index contributed by atoms with van der Waals surface area (Å²) in [6.07, 6.45) is 4.81. The maximum atomic E-state index is 4.75. The molecule has 0 amide bonds. The largest absolute Gasteiger partial charge is 0.357 e. The molecule has 0 aromatic heterocycles. The van der Waals surface area contributed by atoms with Crippen molar-refractivity contribution in [3.63, 3.8) is 0 Å². The van der Waals surface area contributed by atoms with Crippen LogP contribution in [0.4, 0.5) is 0 Å². The monoisotopic (exact) mass is 438 g/mol. The molecule has 0 aromatic rings. The lowest BCUT2D eigenvalue weighted by Crippen LogP contribution is -2.49. The minimum absolute atomic E-state index is 0. The minimum Gasteiger partial charge on any atom is -0.357 e. The molecular weight excluding hydrogens is 399 g/mol. The molecule has 0 aromatic carbocycles. The van der Waals surface area contributed by atoms with Crippen LogP contribution in [0.15, 0.2) is 4.99 Å². The number of hydrogen-bond acceptors (Lipinski definition) is 2. The summed E-state index contributed by atoms with van der Waals surface area (Å²) in [5.41, 5.74) is 0.408. The number of likely N-dealkylation sites (tertiary alicyclic amines) is 1. The summed E-state index contributed by atoms with van der Waals surface area (Å²) in [7, 11) is 0. The van der Waals surface area contributed by atoms with Gasteiger partial charge in [0.05, 0.1) is 0 Å². The van der Waals surface area contributed by atoms with E-state index in [9.17, 15) is 0 Å². The van der Waals surface area contributed by atoms with Gasteiger partial charge in [-0.15, -0.1) is 24.0 Å². The van der Waals surface area contributed by atoms with Crippen LogP contribution in [0.25, 0.3) is 0 Å². The van der Waals surface area contributed by atoms with E-state index in [1.54, 1.807) is 0 Å². The molecule has 0 atom stereocenters. The third kappa shape index (κ3) is 10.4. The molecule has 2 N–H and O–H groups in total. The minimum atomic E-state index is 0. The van der Waals surface area contributed by atoms with E-state index in [0.29, 0.717) is 17.5 Å². The molecule has 1 fully saturated rings. The van der Waals surface area contributed by atoms with E-state index in [1.807, 2.05) is 0 Å². The molecule has 0 radical (unpaired) electrons. The summed E-state index contributed by atoms with van der Waals surface area (Å²) in [4.78, 5) is 7.31. The molecule has 138 valence electrons. The Morgan fingerprint density at radius 1 is 1.22 bits per heavy atom. The highest BCUT2D eigenvalue weighted by atomic mass is 127. The number of nitrogens with one attached hydrogen (secondary N) is 2. The van der Waals surface area contributed by atoms with Crippen molar-refractivity contribution in [1.29, 1.82) is 0 Å². The maximum absolute atomic E-state index is 4.75. The van der Waals surface area contributed by atoms with E-state index in [1.165, 1.54) is 32.4 Å². The van der Waals surface area contributed by atoms with Gasteiger partial charge in [-0.3, -0.25) is 4.99 Å². The molecule has 0 aliphatic carbocycles. The standard InChI is InChI=1S/C18H38N4.HI/c1-7-19-17(20-12-8-11-18(4,5)6)21-16-9-13-22(14-10-16)15(2)3;/h15-16H,7-14H2,1-6H3,(H2,19,20,21);1H. The van der Waals surface area contributed by atoms with Gasteiger partial charge in [-0.1, -0.05) is 20.8 Å². The fourth-order valence-electron chi connectivity index (χ4n) is 2.87. The van der Waals surface area contributed by atoms with Crippen molar-refractivity contribution in [1.82, 2.24) is 15.5 Å². The molecular formula is C18H39IN4. The van der Waals surface area contributed by atoms with E-state index < -0.39 is 0 Å². The number of halogens is 1. The summed E-state index contributed by atoms with van der Waals surface area (Å²) in [5.74, 6) is 0.999. The predicted molar refractivity (Wildman–Crippen MR) is 113 cm³/mol. The Morgan fingerprint density at radius 2 is 1.83 bits per heavy atom. The van der Waals surface area contributed by atoms with Crippen molar-refractivity contribution >= 4 is 29.9 Å². The first-order valence-corrected chi connectivity index (χ1v) is 9.10. The summed E-state index contributed by atoms with van der Waals surface area (Å²) in [6.45, 7) is 17.8. The van der Waals surface area contributed by atoms with Crippen LogP contribution < -0.4 is 10.6 Å². The van der Waals surface area contributed by atoms with E-state index in [0.717, 1.165) is 25.5 Å². The second kappa shape index (κ2) is 11.5. The van der Waals surface area contributed by atoms with E-state index in [2.05, 4.69) is 57.1 Å². The fraction of sp³-hybridized carbons (Fsp3) is 0.944. The Bertz CT molecular complexity index is 328. The van der Waals surface area contributed by atoms with Crippen molar-refractivity contribution in [3.8, 4) is 0 Å². The van der Waals surface area contributed by atoms with Crippen LogP contribution >= 0.6 is 24.0 Å². The molecule has 5 heteroatoms. The van der Waals surface area contributed by atoms with Gasteiger partial charge in [-0.2, -0.15) is 0 Å². The predicted octanol–water partition coefficient (Wildman–Crippen LogP) is 3.86. The molecule has 1 rings (SSSR count). The van der Waals surface area contributed by atoms with Crippen molar-refractivity contribution in [2.75, 3.05) is 26.2 Å². The summed E-state index contributed by atoms with van der Waals surface area (Å²) in [6, 6.07) is 1.23. The van der Waals surface area contributed by atoms with Crippen LogP contribution in [-0.2, 0) is 0 Å². The fourth-order valence-corrected chi connectivity index (χ4v) is 2.87. The van der Waals surface area contributed by atoms with E-state index >= 15 is 0 Å². The highest BCUT2D eigenvalue weighted by molar-refractivity contribution is 14.0. The summed E-state index contributed by atoms with van der Waals surface area (Å²) >= 11 is 0. The SMILES string of the molecule is CCNC(=NCCCC(C)(C)C)NC1CCN(C(C)C)CC1.I. The van der Waals surface area contributed by atoms with Gasteiger partial charge in [0.2, 0.25) is 0 Å². The molecule has 1 aliphatic rings. The smallest absolute Gasteiger partial charge is 0.191 e. The van der Waals surface area contributed by atoms with Crippen LogP contribution in [0.1, 0.15) is 67.2 Å². The molecule has 0 bridgehead atoms. The van der Waals surface area contributed by atoms with Crippen LogP contribution in [0.5, 0.6) is 0 Å². The highest BCUT2D eigenvalue weighted by Gasteiger charge is 2.21. The Labute approximate surface area is 161 Å². The number of guanidine groups is 1. The third-order valence-corrected chi connectivity index (χ3v) is 4.30. The molecule has 0 unspecified atom stereocenters. The van der Waals surface area contributed by atoms with Gasteiger partial charge in [-0.05, 0) is 51.9 Å². The number of piperidine rings is 1. The van der Waals surface area contributed by atoms with Gasteiger partial charge in [0.1, 0.15) is 0 Å². The molecule has 1 aliphatic heterocycles. The van der Waals surface area contributed by atoms with Gasteiger partial charge in [0.15, 0.2) is 5.96 Å². The Morgan fingerprint density at radius 3 is 2.30 bits per heavy atom. The first kappa shape index (κ1) is 23.0. The van der Waals surface area contributed by atoms with E-state index in [4.69, 9.17) is 4.99 Å². The summed E-state index contributed by atoms with van der Waals surface area (Å²) in [5, 5.41) is 7.01. The van der Waals surface area contributed by atoms with Crippen LogP contribution in [0.3, 0.4) is 0 Å². The zero-order chi connectivity index (χ0) is 16.6. The lowest BCUT2D eigenvalue weighted by atomic mass is 9.91. The third-order valence-electron chi connectivity index (χ3n) is 4.30. The average Bonchev–Trinajstić information content (AvgIpc) is 2.43. The number of aliphatic imine (C=N–C) groups is 1. The summed E-state index contributed by atoms with van der Waals surface area (Å²) < 4.78 is 0. The van der Waals surface area contributed by atoms with Crippen molar-refractivity contribution in [2.45, 2.75) is 79.3 Å². The highest BCUT2D eigenvalue weighted by Crippen LogP contribution is 2.20. The van der Waals surface area contributed by atoms with Gasteiger partial charge >= 0.3 is 0 Å². The number of nitrogens with zero attached hydrogens (tertiary/aromatic N) is 2. The van der Waals surface area contributed by atoms with Crippen LogP contribution in [0.2, 0.25) is 0 Å². The second-order valence-corrected chi connectivity index (χ2v) is 7.97. The first-order valence-electron chi connectivity index (χ1n) is 9.10. The quantitative estimate of drug-likeness (QED) is 0.286. The average molecular weight is 438 g/mol. The maximum Gasteiger partial charge on any atom is 0.191 e. The normalized spacial score (nSPS) is 18.0. The van der Waals surface area contributed by atoms with Crippen molar-refractivity contribution in [3.05, 3.63) is 0 Å². The second-order valence-electron chi connectivity index (χ2n) is 7.97. The lowest BCUT2D eigenvalue weighted by Gasteiger charge is -2.35. The van der Waals surface area contributed by atoms with Gasteiger partial charge in [-0.25, -0.2) is 0 Å². The topological polar surface area (TPSA) is 39.7 Å². The molecule has 0 spiro atoms. The van der Waals surface area contributed by atoms with Gasteiger partial charge in [0.25, 0.3) is 0 Å². The Hall–Kier alpha value is -0.0400. The molecule has 0 saturated carbocycles. The van der Waals surface area contributed by atoms with Gasteiger partial charge in [0, 0.05) is 38.3 Å². The number of rotatable bonds is 6. The molecule has 23 heavy (non-hydrogen) atoms. The van der Waals surface area contributed by atoms with Gasteiger partial charge < -0.3 is 15.5 Å². The Balaban J connectivity index is 0.00000484. The zero-order valence-corrected chi connectivity index (χ0v) is 18.4. The number of hydrogen-bond donors (Lipinski definition) is 2. The Kier molecular flexibility index (Phi) is 11.5. The zero-order valence-electron chi connectivity index (χ0n) is 16.1. The van der Waals surface area contributed by atoms with Crippen LogP contribution in [-0.4, -0.2) is 49.1 Å². The van der Waals surface area contributed by atoms with Crippen LogP contribution in [0, 0.1) is 5.41 Å².